The summed E-state index contributed by atoms with van der Waals surface area (Å²) in [6.45, 7) is 0. The van der Waals surface area contributed by atoms with E-state index in [1.807, 2.05) is 0 Å². The molecule has 1 heterocycles. The Morgan fingerprint density at radius 1 is 1.33 bits per heavy atom. The lowest BCUT2D eigenvalue weighted by Crippen LogP contribution is -2.17. The Morgan fingerprint density at radius 2 is 2.11 bits per heavy atom. The second-order valence-corrected chi connectivity index (χ2v) is 4.67. The Morgan fingerprint density at radius 3 is 2.67 bits per heavy atom. The molecule has 0 saturated carbocycles. The summed E-state index contributed by atoms with van der Waals surface area (Å²) in [6.07, 6.45) is -2.66. The highest BCUT2D eigenvalue weighted by Crippen LogP contribution is 2.32. The van der Waals surface area contributed by atoms with Gasteiger partial charge in [0.05, 0.1) is 17.1 Å². The maximum atomic E-state index is 12.6. The van der Waals surface area contributed by atoms with Crippen molar-refractivity contribution in [3.8, 4) is 0 Å². The minimum atomic E-state index is -4.32. The maximum Gasteiger partial charge on any atom is 0.416 e. The van der Waals surface area contributed by atoms with E-state index in [9.17, 15) is 13.2 Å². The van der Waals surface area contributed by atoms with Gasteiger partial charge in [0.1, 0.15) is 0 Å². The molecule has 6 heteroatoms. The average molecular weight is 272 g/mol. The predicted molar refractivity (Wildman–Crippen MR) is 64.5 cm³/mol. The van der Waals surface area contributed by atoms with Gasteiger partial charge in [-0.2, -0.15) is 13.2 Å². The molecule has 0 radical (unpaired) electrons. The van der Waals surface area contributed by atoms with Crippen molar-refractivity contribution < 1.29 is 13.2 Å². The van der Waals surface area contributed by atoms with Gasteiger partial charge in [0.15, 0.2) is 0 Å². The summed E-state index contributed by atoms with van der Waals surface area (Å²) in [6, 6.07) is 5.07. The monoisotopic (exact) mass is 272 g/mol. The average Bonchev–Trinajstić information content (AvgIpc) is 2.83. The van der Waals surface area contributed by atoms with Crippen LogP contribution in [0.15, 0.2) is 36.0 Å². The number of nitrogens with one attached hydrogen (secondary N) is 1. The van der Waals surface area contributed by atoms with Gasteiger partial charge in [0.25, 0.3) is 0 Å². The van der Waals surface area contributed by atoms with E-state index in [0.29, 0.717) is 5.56 Å². The molecule has 96 valence electrons. The van der Waals surface area contributed by atoms with Crippen molar-refractivity contribution in [3.05, 3.63) is 52.0 Å². The van der Waals surface area contributed by atoms with Crippen molar-refractivity contribution in [2.75, 3.05) is 7.05 Å². The number of rotatable bonds is 3. The van der Waals surface area contributed by atoms with E-state index >= 15 is 0 Å². The Labute approximate surface area is 106 Å². The van der Waals surface area contributed by atoms with Crippen LogP contribution in [-0.4, -0.2) is 12.0 Å². The fourth-order valence-corrected chi connectivity index (χ4v) is 2.49. The van der Waals surface area contributed by atoms with Gasteiger partial charge in [-0.1, -0.05) is 12.1 Å². The first-order valence-electron chi connectivity index (χ1n) is 5.25. The van der Waals surface area contributed by atoms with Gasteiger partial charge in [0.2, 0.25) is 0 Å². The third kappa shape index (κ3) is 2.70. The summed E-state index contributed by atoms with van der Waals surface area (Å²) >= 11 is 1.41. The van der Waals surface area contributed by atoms with Gasteiger partial charge < -0.3 is 5.32 Å². The van der Waals surface area contributed by atoms with Crippen LogP contribution in [0.5, 0.6) is 0 Å². The first kappa shape index (κ1) is 13.0. The zero-order chi connectivity index (χ0) is 13.2. The van der Waals surface area contributed by atoms with Gasteiger partial charge in [-0.05, 0) is 24.7 Å². The van der Waals surface area contributed by atoms with E-state index in [2.05, 4.69) is 10.3 Å². The smallest absolute Gasteiger partial charge is 0.309 e. The van der Waals surface area contributed by atoms with E-state index in [-0.39, 0.29) is 6.04 Å². The van der Waals surface area contributed by atoms with Gasteiger partial charge in [0, 0.05) is 11.1 Å². The molecule has 0 aliphatic rings. The zero-order valence-electron chi connectivity index (χ0n) is 9.53. The van der Waals surface area contributed by atoms with Crippen molar-refractivity contribution in [1.29, 1.82) is 0 Å². The minimum Gasteiger partial charge on any atom is -0.309 e. The highest BCUT2D eigenvalue weighted by atomic mass is 32.1. The molecule has 2 rings (SSSR count). The van der Waals surface area contributed by atoms with Crippen molar-refractivity contribution in [3.63, 3.8) is 0 Å². The topological polar surface area (TPSA) is 24.9 Å². The number of thiazole rings is 1. The first-order valence-corrected chi connectivity index (χ1v) is 6.13. The number of halogens is 3. The van der Waals surface area contributed by atoms with E-state index in [1.54, 1.807) is 24.8 Å². The molecule has 2 nitrogen and oxygen atoms in total. The molecule has 0 amide bonds. The van der Waals surface area contributed by atoms with E-state index in [0.717, 1.165) is 10.9 Å². The Kier molecular flexibility index (Phi) is 3.68. The Bertz CT molecular complexity index is 508. The lowest BCUT2D eigenvalue weighted by atomic mass is 10.0. The number of hydrogen-bond acceptors (Lipinski definition) is 3. The highest BCUT2D eigenvalue weighted by molar-refractivity contribution is 7.09. The highest BCUT2D eigenvalue weighted by Gasteiger charge is 2.31. The second kappa shape index (κ2) is 5.07. The minimum absolute atomic E-state index is 0.264. The third-order valence-corrected chi connectivity index (χ3v) is 3.41. The van der Waals surface area contributed by atoms with Gasteiger partial charge >= 0.3 is 6.18 Å². The number of benzene rings is 1. The molecule has 18 heavy (non-hydrogen) atoms. The van der Waals surface area contributed by atoms with Gasteiger partial charge in [-0.25, -0.2) is 0 Å². The molecule has 2 aromatic rings. The van der Waals surface area contributed by atoms with Gasteiger partial charge in [-0.15, -0.1) is 11.3 Å². The van der Waals surface area contributed by atoms with Crippen LogP contribution in [0.3, 0.4) is 0 Å². The van der Waals surface area contributed by atoms with Crippen LogP contribution in [0.4, 0.5) is 13.2 Å². The summed E-state index contributed by atoms with van der Waals surface area (Å²) in [4.78, 5) is 4.83. The van der Waals surface area contributed by atoms with Crippen LogP contribution >= 0.6 is 11.3 Å². The summed E-state index contributed by atoms with van der Waals surface area (Å²) < 4.78 is 37.9. The fourth-order valence-electron chi connectivity index (χ4n) is 1.74. The number of hydrogen-bond donors (Lipinski definition) is 1. The Balaban J connectivity index is 2.38. The van der Waals surface area contributed by atoms with Gasteiger partial charge in [-0.3, -0.25) is 4.98 Å². The number of nitrogens with zero attached hydrogens (tertiary/aromatic N) is 1. The molecule has 1 aromatic heterocycles. The molecular formula is C12H11F3N2S. The summed E-state index contributed by atoms with van der Waals surface area (Å²) in [5, 5.41) is 3.00. The van der Waals surface area contributed by atoms with Crippen molar-refractivity contribution >= 4 is 11.3 Å². The summed E-state index contributed by atoms with van der Waals surface area (Å²) in [5.74, 6) is 0. The standard InChI is InChI=1S/C12H11F3N2S/c1-16-11(10-6-17-7-18-10)8-3-2-4-9(5-8)12(13,14)15/h2-7,11,16H,1H3. The SMILES string of the molecule is CNC(c1cccc(C(F)(F)F)c1)c1cncs1. The quantitative estimate of drug-likeness (QED) is 0.925. The fraction of sp³-hybridized carbons (Fsp3) is 0.250. The summed E-state index contributed by atoms with van der Waals surface area (Å²) in [5.41, 5.74) is 1.61. The lowest BCUT2D eigenvalue weighted by molar-refractivity contribution is -0.137. The lowest BCUT2D eigenvalue weighted by Gasteiger charge is -2.16. The second-order valence-electron chi connectivity index (χ2n) is 3.75. The molecule has 0 aliphatic heterocycles. The number of aromatic nitrogens is 1. The van der Waals surface area contributed by atoms with Crippen molar-refractivity contribution in [2.24, 2.45) is 0 Å². The molecule has 1 aromatic carbocycles. The normalized spacial score (nSPS) is 13.6. The molecule has 1 atom stereocenters. The molecule has 0 aliphatic carbocycles. The molecule has 1 N–H and O–H groups in total. The molecule has 1 unspecified atom stereocenters. The van der Waals surface area contributed by atoms with Crippen molar-refractivity contribution in [2.45, 2.75) is 12.2 Å². The molecule has 0 fully saturated rings. The van der Waals surface area contributed by atoms with Crippen LogP contribution in [0.2, 0.25) is 0 Å². The maximum absolute atomic E-state index is 12.6. The summed E-state index contributed by atoms with van der Waals surface area (Å²) in [7, 11) is 1.71. The van der Waals surface area contributed by atoms with E-state index < -0.39 is 11.7 Å². The molecule has 0 spiro atoms. The predicted octanol–water partition coefficient (Wildman–Crippen LogP) is 3.47. The third-order valence-electron chi connectivity index (χ3n) is 2.57. The largest absolute Gasteiger partial charge is 0.416 e. The molecule has 0 saturated heterocycles. The van der Waals surface area contributed by atoms with Crippen LogP contribution in [0, 0.1) is 0 Å². The van der Waals surface area contributed by atoms with Crippen LogP contribution in [-0.2, 0) is 6.18 Å². The van der Waals surface area contributed by atoms with Crippen LogP contribution in [0.25, 0.3) is 0 Å². The van der Waals surface area contributed by atoms with Crippen LogP contribution < -0.4 is 5.32 Å². The Hall–Kier alpha value is -1.40. The molecule has 0 bridgehead atoms. The number of alkyl halides is 3. The zero-order valence-corrected chi connectivity index (χ0v) is 10.3. The molecular weight excluding hydrogens is 261 g/mol. The van der Waals surface area contributed by atoms with Crippen LogP contribution in [0.1, 0.15) is 22.0 Å². The first-order chi connectivity index (χ1) is 8.52. The van der Waals surface area contributed by atoms with E-state index in [1.165, 1.54) is 23.5 Å². The van der Waals surface area contributed by atoms with Crippen molar-refractivity contribution in [1.82, 2.24) is 10.3 Å². The van der Waals surface area contributed by atoms with E-state index in [4.69, 9.17) is 0 Å².